The van der Waals surface area contributed by atoms with Crippen LogP contribution in [0.15, 0.2) is 12.2 Å². The Morgan fingerprint density at radius 2 is 1.75 bits per heavy atom. The smallest absolute Gasteiger partial charge is 0.397 e. The molecule has 0 heterocycles. The standard InChI is InChI=1S/C10H20N2O.CH4O4S.ClH/c1-9(2)10(13)11-7-6-8-12(3,4)5;1-5-6(2,3)4;/h1,6-8H2,2-5H3;1H3,(H,2,3,4);1H. The number of amides is 1. The summed E-state index contributed by atoms with van der Waals surface area (Å²) in [7, 11) is 3.13. The summed E-state index contributed by atoms with van der Waals surface area (Å²) in [6.07, 6.45) is 1.00. The number of hydrogen-bond acceptors (Lipinski definition) is 4. The van der Waals surface area contributed by atoms with Crippen LogP contribution in [0.5, 0.6) is 0 Å². The van der Waals surface area contributed by atoms with Crippen molar-refractivity contribution in [3.05, 3.63) is 12.2 Å². The van der Waals surface area contributed by atoms with Crippen molar-refractivity contribution in [2.45, 2.75) is 13.3 Å². The highest BCUT2D eigenvalue weighted by atomic mass is 35.5. The van der Waals surface area contributed by atoms with Gasteiger partial charge in [0.1, 0.15) is 0 Å². The van der Waals surface area contributed by atoms with Gasteiger partial charge in [-0.05, 0) is 6.92 Å². The number of quaternary nitrogens is 1. The Hall–Kier alpha value is -0.670. The van der Waals surface area contributed by atoms with Crippen molar-refractivity contribution >= 4 is 16.3 Å². The maximum atomic E-state index is 11.1. The van der Waals surface area contributed by atoms with Gasteiger partial charge in [0.25, 0.3) is 0 Å². The van der Waals surface area contributed by atoms with E-state index in [4.69, 9.17) is 4.55 Å². The van der Waals surface area contributed by atoms with Gasteiger partial charge in [-0.1, -0.05) is 6.58 Å². The van der Waals surface area contributed by atoms with Crippen LogP contribution in [-0.4, -0.2) is 64.7 Å². The molecule has 7 nitrogen and oxygen atoms in total. The monoisotopic (exact) mass is 332 g/mol. The summed E-state index contributed by atoms with van der Waals surface area (Å²) in [6.45, 7) is 7.09. The molecule has 0 aliphatic rings. The highest BCUT2D eigenvalue weighted by Gasteiger charge is 2.06. The summed E-state index contributed by atoms with van der Waals surface area (Å²) in [4.78, 5) is 11.1. The van der Waals surface area contributed by atoms with Gasteiger partial charge in [0, 0.05) is 18.5 Å². The SMILES string of the molecule is C=C(C)C(=O)NCCC[N+](C)(C)C.COS(=O)(=O)O.[Cl-]. The van der Waals surface area contributed by atoms with Gasteiger partial charge in [-0.2, -0.15) is 8.42 Å². The Labute approximate surface area is 127 Å². The molecule has 20 heavy (non-hydrogen) atoms. The van der Waals surface area contributed by atoms with Crippen molar-refractivity contribution in [1.29, 1.82) is 0 Å². The first-order chi connectivity index (χ1) is 8.39. The van der Waals surface area contributed by atoms with Gasteiger partial charge in [-0.15, -0.1) is 0 Å². The highest BCUT2D eigenvalue weighted by molar-refractivity contribution is 7.80. The Kier molecular flexibility index (Phi) is 13.4. The van der Waals surface area contributed by atoms with Crippen molar-refractivity contribution in [2.24, 2.45) is 0 Å². The second-order valence-corrected chi connectivity index (χ2v) is 6.19. The number of carbonyl (C=O) groups excluding carboxylic acids is 1. The first kappa shape index (κ1) is 24.4. The predicted molar refractivity (Wildman–Crippen MR) is 73.9 cm³/mol. The molecule has 2 N–H and O–H groups in total. The number of nitrogens with zero attached hydrogens (tertiary/aromatic N) is 1. The summed E-state index contributed by atoms with van der Waals surface area (Å²) in [5, 5.41) is 2.81. The fourth-order valence-electron chi connectivity index (χ4n) is 0.906. The molecule has 0 aliphatic heterocycles. The Balaban J connectivity index is -0.000000352. The molecular weight excluding hydrogens is 308 g/mol. The van der Waals surface area contributed by atoms with Crippen LogP contribution in [0.4, 0.5) is 0 Å². The Morgan fingerprint density at radius 1 is 1.35 bits per heavy atom. The van der Waals surface area contributed by atoms with Crippen LogP contribution in [0.2, 0.25) is 0 Å². The molecule has 0 fully saturated rings. The third-order valence-corrected chi connectivity index (χ3v) is 2.31. The minimum atomic E-state index is -4.16. The second kappa shape index (κ2) is 11.0. The van der Waals surface area contributed by atoms with Crippen LogP contribution in [0.25, 0.3) is 0 Å². The maximum Gasteiger partial charge on any atom is 0.397 e. The Bertz CT molecular complexity index is 390. The van der Waals surface area contributed by atoms with E-state index in [-0.39, 0.29) is 18.3 Å². The topological polar surface area (TPSA) is 92.7 Å². The summed E-state index contributed by atoms with van der Waals surface area (Å²) >= 11 is 0. The third-order valence-electron chi connectivity index (χ3n) is 1.89. The van der Waals surface area contributed by atoms with Crippen LogP contribution in [0.1, 0.15) is 13.3 Å². The van der Waals surface area contributed by atoms with Gasteiger partial charge in [-0.25, -0.2) is 0 Å². The molecule has 0 aromatic rings. The molecule has 0 aromatic carbocycles. The van der Waals surface area contributed by atoms with E-state index in [0.717, 1.165) is 31.1 Å². The quantitative estimate of drug-likeness (QED) is 0.237. The van der Waals surface area contributed by atoms with E-state index in [1.807, 2.05) is 0 Å². The zero-order valence-corrected chi connectivity index (χ0v) is 14.2. The summed E-state index contributed by atoms with van der Waals surface area (Å²) in [5.41, 5.74) is 0.574. The molecule has 0 spiro atoms. The maximum absolute atomic E-state index is 11.1. The minimum Gasteiger partial charge on any atom is -1.00 e. The number of rotatable bonds is 6. The van der Waals surface area contributed by atoms with Crippen LogP contribution in [0.3, 0.4) is 0 Å². The van der Waals surface area contributed by atoms with Crippen LogP contribution in [-0.2, 0) is 19.4 Å². The lowest BCUT2D eigenvalue weighted by atomic mass is 10.3. The first-order valence-corrected chi connectivity index (χ1v) is 7.03. The number of halogens is 1. The van der Waals surface area contributed by atoms with Crippen LogP contribution < -0.4 is 17.7 Å². The van der Waals surface area contributed by atoms with E-state index in [1.165, 1.54) is 0 Å². The van der Waals surface area contributed by atoms with Crippen molar-refractivity contribution in [3.8, 4) is 0 Å². The van der Waals surface area contributed by atoms with Gasteiger partial charge < -0.3 is 22.2 Å². The second-order valence-electron chi connectivity index (χ2n) is 5.00. The predicted octanol–water partition coefficient (Wildman–Crippen LogP) is -2.79. The van der Waals surface area contributed by atoms with E-state index in [9.17, 15) is 13.2 Å². The van der Waals surface area contributed by atoms with Crippen LogP contribution in [0, 0.1) is 0 Å². The van der Waals surface area contributed by atoms with Gasteiger partial charge in [0.05, 0.1) is 34.8 Å². The fourth-order valence-corrected chi connectivity index (χ4v) is 0.906. The molecule has 0 aliphatic carbocycles. The molecule has 0 unspecified atom stereocenters. The average Bonchev–Trinajstić information content (AvgIpc) is 2.22. The van der Waals surface area contributed by atoms with E-state index in [1.54, 1.807) is 6.92 Å². The molecule has 1 amide bonds. The summed E-state index contributed by atoms with van der Waals surface area (Å²) in [6, 6.07) is 0. The van der Waals surface area contributed by atoms with E-state index >= 15 is 0 Å². The molecule has 122 valence electrons. The van der Waals surface area contributed by atoms with E-state index in [2.05, 4.69) is 37.2 Å². The molecule has 0 bridgehead atoms. The van der Waals surface area contributed by atoms with E-state index in [0.29, 0.717) is 5.57 Å². The minimum absolute atomic E-state index is 0. The lowest BCUT2D eigenvalue weighted by Crippen LogP contribution is -3.00. The van der Waals surface area contributed by atoms with E-state index < -0.39 is 10.4 Å². The molecular formula is C11H25ClN2O5S. The molecule has 0 saturated heterocycles. The van der Waals surface area contributed by atoms with Crippen LogP contribution >= 0.6 is 0 Å². The third kappa shape index (κ3) is 22.5. The molecule has 0 aromatic heterocycles. The highest BCUT2D eigenvalue weighted by Crippen LogP contribution is 1.92. The normalized spacial score (nSPS) is 10.7. The number of carbonyl (C=O) groups is 1. The molecule has 0 saturated carbocycles. The van der Waals surface area contributed by atoms with Gasteiger partial charge in [0.15, 0.2) is 0 Å². The zero-order valence-electron chi connectivity index (χ0n) is 12.6. The first-order valence-electron chi connectivity index (χ1n) is 5.66. The fraction of sp³-hybridized carbons (Fsp3) is 0.727. The van der Waals surface area contributed by atoms with Gasteiger partial charge >= 0.3 is 10.4 Å². The lowest BCUT2D eigenvalue weighted by Gasteiger charge is -2.23. The average molecular weight is 333 g/mol. The van der Waals surface area contributed by atoms with Gasteiger partial charge in [0.2, 0.25) is 5.91 Å². The van der Waals surface area contributed by atoms with Crippen molar-refractivity contribution in [2.75, 3.05) is 41.3 Å². The zero-order chi connectivity index (χ0) is 15.7. The largest absolute Gasteiger partial charge is 1.00 e. The van der Waals surface area contributed by atoms with Gasteiger partial charge in [-0.3, -0.25) is 13.5 Å². The van der Waals surface area contributed by atoms with Crippen molar-refractivity contribution in [1.82, 2.24) is 5.32 Å². The Morgan fingerprint density at radius 3 is 2.00 bits per heavy atom. The molecule has 0 atom stereocenters. The molecule has 9 heteroatoms. The summed E-state index contributed by atoms with van der Waals surface area (Å²) < 4.78 is 30.6. The summed E-state index contributed by atoms with van der Waals surface area (Å²) in [5.74, 6) is -0.0404. The van der Waals surface area contributed by atoms with Crippen molar-refractivity contribution in [3.63, 3.8) is 0 Å². The molecule has 0 rings (SSSR count). The van der Waals surface area contributed by atoms with Crippen molar-refractivity contribution < 1.29 is 38.8 Å². The number of nitrogens with one attached hydrogen (secondary N) is 1. The molecule has 0 radical (unpaired) electrons. The lowest BCUT2D eigenvalue weighted by molar-refractivity contribution is -0.870. The number of hydrogen-bond donors (Lipinski definition) is 2.